The number of hydrogen-bond acceptors (Lipinski definition) is 0. The maximum atomic E-state index is 5.66. The van der Waals surface area contributed by atoms with Gasteiger partial charge in [0, 0.05) is 0 Å². The molecular weight excluding hydrogens is 192 g/mol. The van der Waals surface area contributed by atoms with Gasteiger partial charge in [0.2, 0.25) is 0 Å². The summed E-state index contributed by atoms with van der Waals surface area (Å²) in [6, 6.07) is 0. The van der Waals surface area contributed by atoms with E-state index in [1.807, 2.05) is 0 Å². The predicted molar refractivity (Wildman–Crippen MR) is 36.2 cm³/mol. The SMILES string of the molecule is [CH3][Ge]1([CH3])[C](Cl)=[C]1Cl. The van der Waals surface area contributed by atoms with E-state index in [1.165, 1.54) is 0 Å². The molecule has 0 radical (unpaired) electrons. The Morgan fingerprint density at radius 2 is 1.29 bits per heavy atom. The topological polar surface area (TPSA) is 0 Å². The van der Waals surface area contributed by atoms with Crippen molar-refractivity contribution in [1.29, 1.82) is 0 Å². The molecule has 1 heterocycles. The van der Waals surface area contributed by atoms with Crippen molar-refractivity contribution in [3.8, 4) is 0 Å². The quantitative estimate of drug-likeness (QED) is 0.524. The Balaban J connectivity index is 2.69. The van der Waals surface area contributed by atoms with E-state index in [1.54, 1.807) is 0 Å². The van der Waals surface area contributed by atoms with E-state index in [9.17, 15) is 0 Å². The molecule has 0 nitrogen and oxygen atoms in total. The average Bonchev–Trinajstić information content (AvgIpc) is 1.91. The summed E-state index contributed by atoms with van der Waals surface area (Å²) in [4.78, 5) is 0. The standard InChI is InChI=1S/C4H6Cl2Ge/c1-7(2)3(5)4(7)6/h1-2H3. The summed E-state index contributed by atoms with van der Waals surface area (Å²) in [6.07, 6.45) is 0. The third-order valence-corrected chi connectivity index (χ3v) is 12.4. The first-order valence-corrected chi connectivity index (χ1v) is 9.18. The summed E-state index contributed by atoms with van der Waals surface area (Å²) in [5.41, 5.74) is 0. The van der Waals surface area contributed by atoms with Crippen molar-refractivity contribution in [2.45, 2.75) is 11.5 Å². The van der Waals surface area contributed by atoms with Crippen LogP contribution in [-0.4, -0.2) is 13.3 Å². The molecule has 0 unspecified atom stereocenters. The molecule has 0 saturated heterocycles. The van der Waals surface area contributed by atoms with Crippen LogP contribution in [0.4, 0.5) is 0 Å². The number of halogens is 2. The van der Waals surface area contributed by atoms with E-state index in [-0.39, 0.29) is 0 Å². The van der Waals surface area contributed by atoms with Crippen molar-refractivity contribution in [2.24, 2.45) is 0 Å². The van der Waals surface area contributed by atoms with Crippen LogP contribution in [0.3, 0.4) is 0 Å². The fourth-order valence-corrected chi connectivity index (χ4v) is 7.89. The molecule has 1 rings (SSSR count). The normalized spacial score (nSPS) is 25.7. The monoisotopic (exact) mass is 198 g/mol. The van der Waals surface area contributed by atoms with Crippen LogP contribution < -0.4 is 0 Å². The predicted octanol–water partition coefficient (Wildman–Crippen LogP) is 2.48. The first-order valence-electron chi connectivity index (χ1n) is 2.13. The van der Waals surface area contributed by atoms with Crippen molar-refractivity contribution in [3.05, 3.63) is 7.73 Å². The minimum absolute atomic E-state index is 1.00. The van der Waals surface area contributed by atoms with E-state index in [2.05, 4.69) is 11.5 Å². The van der Waals surface area contributed by atoms with Crippen molar-refractivity contribution >= 4 is 36.5 Å². The van der Waals surface area contributed by atoms with Crippen molar-refractivity contribution < 1.29 is 0 Å². The fraction of sp³-hybridized carbons (Fsp3) is 0.500. The van der Waals surface area contributed by atoms with Crippen LogP contribution in [0.5, 0.6) is 0 Å². The van der Waals surface area contributed by atoms with Gasteiger partial charge in [0.1, 0.15) is 0 Å². The Labute approximate surface area is 55.8 Å². The molecule has 0 fully saturated rings. The first-order chi connectivity index (χ1) is 3.07. The second kappa shape index (κ2) is 1.43. The second-order valence-electron chi connectivity index (χ2n) is 2.25. The van der Waals surface area contributed by atoms with Gasteiger partial charge in [0.05, 0.1) is 0 Å². The molecule has 1 aliphatic rings. The Bertz CT molecular complexity index is 123. The molecule has 0 spiro atoms. The summed E-state index contributed by atoms with van der Waals surface area (Å²) in [5, 5.41) is 0. The van der Waals surface area contributed by atoms with Gasteiger partial charge < -0.3 is 0 Å². The van der Waals surface area contributed by atoms with Crippen LogP contribution in [0, 0.1) is 0 Å². The van der Waals surface area contributed by atoms with Gasteiger partial charge in [-0.3, -0.25) is 0 Å². The summed E-state index contributed by atoms with van der Waals surface area (Å²) >= 11 is 9.68. The van der Waals surface area contributed by atoms with Crippen LogP contribution >= 0.6 is 23.2 Å². The Kier molecular flexibility index (Phi) is 1.22. The van der Waals surface area contributed by atoms with E-state index >= 15 is 0 Å². The minimum atomic E-state index is -1.64. The van der Waals surface area contributed by atoms with E-state index in [0.717, 1.165) is 7.73 Å². The van der Waals surface area contributed by atoms with Crippen molar-refractivity contribution in [2.75, 3.05) is 0 Å². The maximum absolute atomic E-state index is 5.66. The summed E-state index contributed by atoms with van der Waals surface area (Å²) < 4.78 is 2.00. The van der Waals surface area contributed by atoms with Crippen LogP contribution in [0.2, 0.25) is 11.5 Å². The van der Waals surface area contributed by atoms with Crippen LogP contribution in [0.15, 0.2) is 7.73 Å². The van der Waals surface area contributed by atoms with Gasteiger partial charge in [0.15, 0.2) is 0 Å². The molecule has 7 heavy (non-hydrogen) atoms. The summed E-state index contributed by atoms with van der Waals surface area (Å²) in [7, 11) is 0. The number of hydrogen-bond donors (Lipinski definition) is 0. The molecule has 0 amide bonds. The molecule has 0 saturated carbocycles. The van der Waals surface area contributed by atoms with Gasteiger partial charge in [-0.25, -0.2) is 0 Å². The number of rotatable bonds is 0. The van der Waals surface area contributed by atoms with Crippen LogP contribution in [-0.2, 0) is 0 Å². The molecule has 0 bridgehead atoms. The first kappa shape index (κ1) is 5.99. The molecule has 3 heteroatoms. The molecule has 0 aromatic carbocycles. The zero-order chi connectivity index (χ0) is 5.65. The molecule has 0 aromatic heterocycles. The van der Waals surface area contributed by atoms with Gasteiger partial charge in [-0.2, -0.15) is 0 Å². The molecule has 1 aliphatic heterocycles. The third-order valence-electron chi connectivity index (χ3n) is 1.23. The van der Waals surface area contributed by atoms with Gasteiger partial charge in [-0.15, -0.1) is 0 Å². The zero-order valence-corrected chi connectivity index (χ0v) is 7.87. The molecule has 0 aliphatic carbocycles. The van der Waals surface area contributed by atoms with Crippen LogP contribution in [0.25, 0.3) is 0 Å². The molecule has 0 aromatic rings. The summed E-state index contributed by atoms with van der Waals surface area (Å²) in [5.74, 6) is 4.37. The zero-order valence-electron chi connectivity index (χ0n) is 4.26. The second-order valence-corrected chi connectivity index (χ2v) is 13.3. The van der Waals surface area contributed by atoms with Crippen molar-refractivity contribution in [1.82, 2.24) is 0 Å². The molecular formula is C4H6Cl2Ge. The Morgan fingerprint density at radius 3 is 1.29 bits per heavy atom. The van der Waals surface area contributed by atoms with Gasteiger partial charge in [-0.1, -0.05) is 0 Å². The van der Waals surface area contributed by atoms with Gasteiger partial charge >= 0.3 is 55.7 Å². The summed E-state index contributed by atoms with van der Waals surface area (Å²) in [6.45, 7) is 0. The van der Waals surface area contributed by atoms with Crippen molar-refractivity contribution in [3.63, 3.8) is 0 Å². The average molecular weight is 198 g/mol. The molecule has 0 atom stereocenters. The Morgan fingerprint density at radius 1 is 1.14 bits per heavy atom. The van der Waals surface area contributed by atoms with E-state index in [0.29, 0.717) is 0 Å². The molecule has 40 valence electrons. The van der Waals surface area contributed by atoms with E-state index in [4.69, 9.17) is 23.2 Å². The van der Waals surface area contributed by atoms with Gasteiger partial charge in [-0.05, 0) is 0 Å². The molecule has 0 N–H and O–H groups in total. The fourth-order valence-electron chi connectivity index (χ4n) is 0.379. The Hall–Kier alpha value is 0.863. The third kappa shape index (κ3) is 0.735. The van der Waals surface area contributed by atoms with Gasteiger partial charge in [0.25, 0.3) is 0 Å². The van der Waals surface area contributed by atoms with E-state index < -0.39 is 13.3 Å². The van der Waals surface area contributed by atoms with Crippen LogP contribution in [0.1, 0.15) is 0 Å².